The van der Waals surface area contributed by atoms with Crippen LogP contribution in [0.3, 0.4) is 0 Å². The van der Waals surface area contributed by atoms with Gasteiger partial charge in [-0.25, -0.2) is 0 Å². The van der Waals surface area contributed by atoms with E-state index in [-0.39, 0.29) is 23.7 Å². The lowest BCUT2D eigenvalue weighted by molar-refractivity contribution is -0.134. The molecule has 1 fully saturated rings. The second kappa shape index (κ2) is 15.9. The fraction of sp³-hybridized carbons (Fsp3) is 0.400. The number of benzene rings is 2. The minimum Gasteiger partial charge on any atom is -0.508 e. The molecule has 10 nitrogen and oxygen atoms in total. The zero-order valence-electron chi connectivity index (χ0n) is 25.7. The molecular weight excluding hydrogens is 570 g/mol. The quantitative estimate of drug-likeness (QED) is 0.171. The zero-order chi connectivity index (χ0) is 32.4. The number of allylic oxidation sites excluding steroid dienone is 5. The van der Waals surface area contributed by atoms with Gasteiger partial charge in [0.2, 0.25) is 5.91 Å². The normalized spacial score (nSPS) is 22.9. The number of nitrogens with one attached hydrogen (secondary N) is 2. The van der Waals surface area contributed by atoms with Crippen LogP contribution >= 0.6 is 0 Å². The summed E-state index contributed by atoms with van der Waals surface area (Å²) < 4.78 is 0. The maximum Gasteiger partial charge on any atom is 0.237 e. The predicted octanol–water partition coefficient (Wildman–Crippen LogP) is 1.17. The lowest BCUT2D eigenvalue weighted by Gasteiger charge is -2.37. The van der Waals surface area contributed by atoms with Crippen LogP contribution in [0.2, 0.25) is 0 Å². The number of nitrogens with two attached hydrogens (primary N) is 2. The van der Waals surface area contributed by atoms with Crippen molar-refractivity contribution in [2.24, 2.45) is 16.9 Å². The molecule has 6 atom stereocenters. The molecule has 8 N–H and O–H groups in total. The lowest BCUT2D eigenvalue weighted by atomic mass is 9.74. The third-order valence-corrected chi connectivity index (χ3v) is 8.44. The second-order valence-corrected chi connectivity index (χ2v) is 11.9. The van der Waals surface area contributed by atoms with Gasteiger partial charge < -0.3 is 32.3 Å². The molecule has 0 radical (unpaired) electrons. The van der Waals surface area contributed by atoms with E-state index in [1.165, 1.54) is 19.1 Å². The van der Waals surface area contributed by atoms with E-state index in [1.807, 2.05) is 71.7 Å². The van der Waals surface area contributed by atoms with Crippen LogP contribution in [-0.2, 0) is 27.2 Å². The summed E-state index contributed by atoms with van der Waals surface area (Å²) >= 11 is 0. The monoisotopic (exact) mass is 615 g/mol. The number of phenols is 1. The summed E-state index contributed by atoms with van der Waals surface area (Å²) in [6, 6.07) is 12.7. The summed E-state index contributed by atoms with van der Waals surface area (Å²) in [5, 5.41) is 25.9. The number of amides is 1. The van der Waals surface area contributed by atoms with Crippen molar-refractivity contribution in [1.82, 2.24) is 15.5 Å². The Balaban J connectivity index is 1.43. The molecule has 1 aliphatic heterocycles. The smallest absolute Gasteiger partial charge is 0.237 e. The Morgan fingerprint density at radius 3 is 2.40 bits per heavy atom. The van der Waals surface area contributed by atoms with Gasteiger partial charge in [0.25, 0.3) is 0 Å². The number of phenolic OH excluding ortho intramolecular Hbond substituents is 1. The zero-order valence-corrected chi connectivity index (χ0v) is 25.7. The molecule has 2 unspecified atom stereocenters. The third kappa shape index (κ3) is 9.06. The molecule has 2 aromatic rings. The van der Waals surface area contributed by atoms with Gasteiger partial charge in [-0.3, -0.25) is 19.3 Å². The predicted molar refractivity (Wildman–Crippen MR) is 174 cm³/mol. The standard InChI is InChI=1S/C35H45N5O5/c1-24(41)31(39-34(45)29(37)22-26-11-13-27(42)14-12-26)32(43)30-23-38-18-20-40(30)19-8-17-35(15-6-3-7-16-35)33(44)28(36)21-25-9-4-2-5-10-25/h2-15,17,24,28-31,38,41-42H,16,18-23,36-37H2,1H3,(H,39,45)/t24-,28-,29-,30?,31+,35?/m0/s1. The molecule has 0 saturated carbocycles. The lowest BCUT2D eigenvalue weighted by Crippen LogP contribution is -2.62. The van der Waals surface area contributed by atoms with Gasteiger partial charge in [0.1, 0.15) is 11.8 Å². The minimum atomic E-state index is -1.16. The highest BCUT2D eigenvalue weighted by Gasteiger charge is 2.38. The summed E-state index contributed by atoms with van der Waals surface area (Å²) in [7, 11) is 0. The fourth-order valence-electron chi connectivity index (χ4n) is 5.85. The van der Waals surface area contributed by atoms with Crippen molar-refractivity contribution < 1.29 is 24.6 Å². The topological polar surface area (TPSA) is 171 Å². The number of carbonyl (C=O) groups is 3. The Bertz CT molecular complexity index is 1390. The van der Waals surface area contributed by atoms with E-state index in [0.29, 0.717) is 39.0 Å². The first-order valence-electron chi connectivity index (χ1n) is 15.5. The number of ketones is 2. The molecular formula is C35H45N5O5. The number of Topliss-reactive ketones (excluding diaryl/α,β-unsaturated/α-hetero) is 2. The minimum absolute atomic E-state index is 0.0725. The maximum atomic E-state index is 13.8. The first-order chi connectivity index (χ1) is 21.6. The number of aliphatic hydroxyl groups is 1. The molecule has 0 spiro atoms. The van der Waals surface area contributed by atoms with Gasteiger partial charge in [0.05, 0.1) is 29.6 Å². The Hall–Kier alpha value is -3.93. The Labute approximate surface area is 264 Å². The van der Waals surface area contributed by atoms with Crippen LogP contribution in [-0.4, -0.2) is 89.0 Å². The Morgan fingerprint density at radius 1 is 1.04 bits per heavy atom. The van der Waals surface area contributed by atoms with Gasteiger partial charge in [0.15, 0.2) is 11.6 Å². The van der Waals surface area contributed by atoms with Crippen LogP contribution in [0, 0.1) is 5.41 Å². The van der Waals surface area contributed by atoms with Crippen molar-refractivity contribution in [2.45, 2.75) is 56.5 Å². The van der Waals surface area contributed by atoms with E-state index >= 15 is 0 Å². The fourth-order valence-corrected chi connectivity index (χ4v) is 5.85. The Morgan fingerprint density at radius 2 is 1.73 bits per heavy atom. The van der Waals surface area contributed by atoms with Gasteiger partial charge in [0, 0.05) is 26.2 Å². The first-order valence-corrected chi connectivity index (χ1v) is 15.5. The number of rotatable bonds is 14. The van der Waals surface area contributed by atoms with Gasteiger partial charge >= 0.3 is 0 Å². The van der Waals surface area contributed by atoms with Crippen molar-refractivity contribution in [1.29, 1.82) is 0 Å². The first kappa shape index (κ1) is 34.0. The molecule has 45 heavy (non-hydrogen) atoms. The SMILES string of the molecule is C[C@H](O)[C@@H](NC(=O)[C@@H](N)Cc1ccc(O)cc1)C(=O)C1CNCCN1CC=CC1(C(=O)[C@@H](N)Cc2ccccc2)C=CC=CC1. The van der Waals surface area contributed by atoms with Crippen molar-refractivity contribution >= 4 is 17.5 Å². The van der Waals surface area contributed by atoms with Crippen LogP contribution in [0.15, 0.2) is 91.1 Å². The second-order valence-electron chi connectivity index (χ2n) is 11.9. The average molecular weight is 616 g/mol. The molecule has 1 aliphatic carbocycles. The van der Waals surface area contributed by atoms with E-state index in [2.05, 4.69) is 10.6 Å². The number of carbonyl (C=O) groups excluding carboxylic acids is 3. The third-order valence-electron chi connectivity index (χ3n) is 8.44. The number of hydrogen-bond donors (Lipinski definition) is 6. The van der Waals surface area contributed by atoms with Crippen LogP contribution in [0.4, 0.5) is 0 Å². The number of aromatic hydroxyl groups is 1. The number of hydrogen-bond acceptors (Lipinski definition) is 9. The summed E-state index contributed by atoms with van der Waals surface area (Å²) in [6.07, 6.45) is 11.4. The van der Waals surface area contributed by atoms with Crippen LogP contribution in [0.25, 0.3) is 0 Å². The van der Waals surface area contributed by atoms with Crippen molar-refractivity contribution in [3.63, 3.8) is 0 Å². The molecule has 0 aromatic heterocycles. The largest absolute Gasteiger partial charge is 0.508 e. The van der Waals surface area contributed by atoms with Gasteiger partial charge in [-0.05, 0) is 49.4 Å². The van der Waals surface area contributed by atoms with E-state index in [4.69, 9.17) is 11.5 Å². The van der Waals surface area contributed by atoms with E-state index in [1.54, 1.807) is 12.1 Å². The van der Waals surface area contributed by atoms with E-state index < -0.39 is 41.6 Å². The average Bonchev–Trinajstić information content (AvgIpc) is 3.04. The van der Waals surface area contributed by atoms with Crippen LogP contribution in [0.5, 0.6) is 5.75 Å². The van der Waals surface area contributed by atoms with Crippen LogP contribution in [0.1, 0.15) is 24.5 Å². The highest BCUT2D eigenvalue weighted by molar-refractivity contribution is 5.95. The summed E-state index contributed by atoms with van der Waals surface area (Å²) in [4.78, 5) is 42.4. The maximum absolute atomic E-state index is 13.8. The molecule has 240 valence electrons. The highest BCUT2D eigenvalue weighted by Crippen LogP contribution is 2.32. The van der Waals surface area contributed by atoms with Gasteiger partial charge in [-0.15, -0.1) is 0 Å². The Kier molecular flexibility index (Phi) is 12.0. The number of piperazine rings is 1. The van der Waals surface area contributed by atoms with E-state index in [9.17, 15) is 24.6 Å². The van der Waals surface area contributed by atoms with Gasteiger partial charge in [-0.2, -0.15) is 0 Å². The molecule has 1 amide bonds. The van der Waals surface area contributed by atoms with Crippen molar-refractivity contribution in [2.75, 3.05) is 26.2 Å². The van der Waals surface area contributed by atoms with Crippen LogP contribution < -0.4 is 22.1 Å². The van der Waals surface area contributed by atoms with Crippen molar-refractivity contribution in [3.05, 3.63) is 102 Å². The molecule has 4 rings (SSSR count). The van der Waals surface area contributed by atoms with Crippen molar-refractivity contribution in [3.8, 4) is 5.75 Å². The van der Waals surface area contributed by atoms with E-state index in [0.717, 1.165) is 11.1 Å². The van der Waals surface area contributed by atoms with Gasteiger partial charge in [-0.1, -0.05) is 78.9 Å². The molecule has 0 bridgehead atoms. The summed E-state index contributed by atoms with van der Waals surface area (Å²) in [5.74, 6) is -0.844. The molecule has 1 saturated heterocycles. The summed E-state index contributed by atoms with van der Waals surface area (Å²) in [6.45, 7) is 3.42. The number of aliphatic hydroxyl groups excluding tert-OH is 1. The summed E-state index contributed by atoms with van der Waals surface area (Å²) in [5.41, 5.74) is 13.4. The molecule has 2 aromatic carbocycles. The molecule has 1 heterocycles. The molecule has 10 heteroatoms. The number of nitrogens with zero attached hydrogens (tertiary/aromatic N) is 1. The molecule has 2 aliphatic rings. The highest BCUT2D eigenvalue weighted by atomic mass is 16.3.